The molecule has 0 aromatic heterocycles. The summed E-state index contributed by atoms with van der Waals surface area (Å²) < 4.78 is 5.01. The second-order valence-corrected chi connectivity index (χ2v) is 5.77. The molecule has 1 rings (SSSR count). The number of rotatable bonds is 10. The van der Waals surface area contributed by atoms with E-state index in [4.69, 9.17) is 16.2 Å². The van der Waals surface area contributed by atoms with Gasteiger partial charge in [0.1, 0.15) is 0 Å². The highest BCUT2D eigenvalue weighted by Crippen LogP contribution is 2.21. The van der Waals surface area contributed by atoms with Gasteiger partial charge in [-0.1, -0.05) is 13.3 Å². The van der Waals surface area contributed by atoms with E-state index in [2.05, 4.69) is 10.6 Å². The summed E-state index contributed by atoms with van der Waals surface area (Å²) in [5.41, 5.74) is 12.8. The molecule has 24 heavy (non-hydrogen) atoms. The van der Waals surface area contributed by atoms with Crippen molar-refractivity contribution in [2.75, 3.05) is 24.2 Å². The molecule has 0 saturated carbocycles. The number of hydrogen-bond acceptors (Lipinski definition) is 5. The van der Waals surface area contributed by atoms with Gasteiger partial charge in [-0.2, -0.15) is 0 Å². The predicted molar refractivity (Wildman–Crippen MR) is 95.9 cm³/mol. The molecule has 0 aliphatic rings. The smallest absolute Gasteiger partial charge is 0.407 e. The van der Waals surface area contributed by atoms with E-state index < -0.39 is 5.91 Å². The van der Waals surface area contributed by atoms with Crippen molar-refractivity contribution in [3.8, 4) is 0 Å². The maximum absolute atomic E-state index is 11.4. The summed E-state index contributed by atoms with van der Waals surface area (Å²) in [5, 5.41) is 6.01. The Balaban J connectivity index is 2.28. The fourth-order valence-corrected chi connectivity index (χ4v) is 2.14. The lowest BCUT2D eigenvalue weighted by Crippen LogP contribution is -2.27. The molecule has 0 heterocycles. The van der Waals surface area contributed by atoms with E-state index in [9.17, 15) is 9.59 Å². The number of nitrogen functional groups attached to an aromatic ring is 1. The Bertz CT molecular complexity index is 549. The third-order valence-corrected chi connectivity index (χ3v) is 3.55. The average molecular weight is 336 g/mol. The van der Waals surface area contributed by atoms with E-state index in [0.717, 1.165) is 31.4 Å². The molecule has 0 aliphatic carbocycles. The molecule has 1 aromatic rings. The van der Waals surface area contributed by atoms with E-state index >= 15 is 0 Å². The van der Waals surface area contributed by atoms with Crippen molar-refractivity contribution in [2.45, 2.75) is 45.6 Å². The Morgan fingerprint density at radius 2 is 2.04 bits per heavy atom. The average Bonchev–Trinajstić information content (AvgIpc) is 2.53. The molecular formula is C17H28N4O3. The Hall–Kier alpha value is -2.44. The predicted octanol–water partition coefficient (Wildman–Crippen LogP) is 2.47. The number of nitrogens with one attached hydrogen (secondary N) is 2. The van der Waals surface area contributed by atoms with Crippen LogP contribution in [0.3, 0.4) is 0 Å². The lowest BCUT2D eigenvalue weighted by Gasteiger charge is -2.17. The number of benzene rings is 1. The standard InChI is InChI=1S/C17H28N4O3/c1-3-4-10-24-17(23)20-9-5-6-12(2)21-15-8-7-13(16(19)22)11-14(15)18/h7-8,11-12,21H,3-6,9-10,18H2,1-2H3,(H2,19,22)(H,20,23). The molecule has 0 fully saturated rings. The van der Waals surface area contributed by atoms with Gasteiger partial charge in [-0.25, -0.2) is 4.79 Å². The van der Waals surface area contributed by atoms with Gasteiger partial charge in [0.15, 0.2) is 0 Å². The summed E-state index contributed by atoms with van der Waals surface area (Å²) >= 11 is 0. The summed E-state index contributed by atoms with van der Waals surface area (Å²) in [6, 6.07) is 5.12. The molecule has 7 nitrogen and oxygen atoms in total. The van der Waals surface area contributed by atoms with Crippen molar-refractivity contribution in [3.05, 3.63) is 23.8 Å². The zero-order valence-electron chi connectivity index (χ0n) is 14.4. The van der Waals surface area contributed by atoms with Crippen molar-refractivity contribution in [2.24, 2.45) is 5.73 Å². The summed E-state index contributed by atoms with van der Waals surface area (Å²) in [7, 11) is 0. The van der Waals surface area contributed by atoms with Gasteiger partial charge in [0.05, 0.1) is 18.0 Å². The third kappa shape index (κ3) is 7.21. The third-order valence-electron chi connectivity index (χ3n) is 3.55. The summed E-state index contributed by atoms with van der Waals surface area (Å²) in [6.07, 6.45) is 3.18. The van der Waals surface area contributed by atoms with Crippen molar-refractivity contribution < 1.29 is 14.3 Å². The number of carbonyl (C=O) groups excluding carboxylic acids is 2. The quantitative estimate of drug-likeness (QED) is 0.386. The lowest BCUT2D eigenvalue weighted by molar-refractivity contribution is 0.1000. The lowest BCUT2D eigenvalue weighted by atomic mass is 10.1. The van der Waals surface area contributed by atoms with Gasteiger partial charge in [0.25, 0.3) is 0 Å². The number of hydrogen-bond donors (Lipinski definition) is 4. The van der Waals surface area contributed by atoms with Crippen LogP contribution in [0.15, 0.2) is 18.2 Å². The molecule has 0 saturated heterocycles. The van der Waals surface area contributed by atoms with Crippen LogP contribution in [0.25, 0.3) is 0 Å². The highest BCUT2D eigenvalue weighted by Gasteiger charge is 2.08. The number of amides is 2. The minimum absolute atomic E-state index is 0.171. The van der Waals surface area contributed by atoms with Gasteiger partial charge >= 0.3 is 6.09 Å². The normalized spacial score (nSPS) is 11.6. The fraction of sp³-hybridized carbons (Fsp3) is 0.529. The molecule has 0 spiro atoms. The molecule has 0 bridgehead atoms. The first-order chi connectivity index (χ1) is 11.4. The van der Waals surface area contributed by atoms with E-state index in [1.165, 1.54) is 0 Å². The van der Waals surface area contributed by atoms with Gasteiger partial charge in [0.2, 0.25) is 5.91 Å². The SMILES string of the molecule is CCCCOC(=O)NCCCC(C)Nc1ccc(C(N)=O)cc1N. The monoisotopic (exact) mass is 336 g/mol. The largest absolute Gasteiger partial charge is 0.450 e. The Morgan fingerprint density at radius 3 is 2.67 bits per heavy atom. The zero-order chi connectivity index (χ0) is 17.9. The van der Waals surface area contributed by atoms with E-state index in [-0.39, 0.29) is 12.1 Å². The molecule has 1 atom stereocenters. The molecule has 0 radical (unpaired) electrons. The fourth-order valence-electron chi connectivity index (χ4n) is 2.14. The second kappa shape index (κ2) is 10.4. The summed E-state index contributed by atoms with van der Waals surface area (Å²) in [4.78, 5) is 22.5. The molecule has 1 aromatic carbocycles. The van der Waals surface area contributed by atoms with Crippen LogP contribution in [0, 0.1) is 0 Å². The number of ether oxygens (including phenoxy) is 1. The number of carbonyl (C=O) groups is 2. The van der Waals surface area contributed by atoms with Crippen LogP contribution in [0.1, 0.15) is 49.9 Å². The highest BCUT2D eigenvalue weighted by atomic mass is 16.5. The number of nitrogens with two attached hydrogens (primary N) is 2. The molecule has 7 heteroatoms. The number of primary amides is 1. The zero-order valence-corrected chi connectivity index (χ0v) is 14.4. The first kappa shape index (κ1) is 19.6. The minimum Gasteiger partial charge on any atom is -0.450 e. The number of unbranched alkanes of at least 4 members (excludes halogenated alkanes) is 1. The van der Waals surface area contributed by atoms with Gasteiger partial charge in [-0.15, -0.1) is 0 Å². The number of anilines is 2. The minimum atomic E-state index is -0.502. The number of alkyl carbamates (subject to hydrolysis) is 1. The maximum atomic E-state index is 11.4. The van der Waals surface area contributed by atoms with Crippen molar-refractivity contribution in [1.29, 1.82) is 0 Å². The van der Waals surface area contributed by atoms with Crippen LogP contribution in [0.4, 0.5) is 16.2 Å². The van der Waals surface area contributed by atoms with Gasteiger partial charge in [-0.3, -0.25) is 4.79 Å². The second-order valence-electron chi connectivity index (χ2n) is 5.77. The Kier molecular flexibility index (Phi) is 8.46. The van der Waals surface area contributed by atoms with Crippen LogP contribution in [0.2, 0.25) is 0 Å². The van der Waals surface area contributed by atoms with Crippen LogP contribution in [0.5, 0.6) is 0 Å². The first-order valence-corrected chi connectivity index (χ1v) is 8.30. The molecule has 6 N–H and O–H groups in total. The van der Waals surface area contributed by atoms with Gasteiger partial charge in [0, 0.05) is 18.2 Å². The van der Waals surface area contributed by atoms with E-state index in [1.807, 2.05) is 13.8 Å². The molecule has 0 aliphatic heterocycles. The van der Waals surface area contributed by atoms with Gasteiger partial charge in [-0.05, 0) is 44.4 Å². The van der Waals surface area contributed by atoms with Crippen LogP contribution < -0.4 is 22.1 Å². The van der Waals surface area contributed by atoms with E-state index in [0.29, 0.717) is 24.4 Å². The Labute approximate surface area is 143 Å². The first-order valence-electron chi connectivity index (χ1n) is 8.30. The summed E-state index contributed by atoms with van der Waals surface area (Å²) in [5.74, 6) is -0.502. The summed E-state index contributed by atoms with van der Waals surface area (Å²) in [6.45, 7) is 5.10. The highest BCUT2D eigenvalue weighted by molar-refractivity contribution is 5.94. The topological polar surface area (TPSA) is 119 Å². The Morgan fingerprint density at radius 1 is 1.29 bits per heavy atom. The molecule has 1 unspecified atom stereocenters. The van der Waals surface area contributed by atoms with E-state index in [1.54, 1.807) is 18.2 Å². The van der Waals surface area contributed by atoms with Crippen LogP contribution >= 0.6 is 0 Å². The van der Waals surface area contributed by atoms with Crippen molar-refractivity contribution in [1.82, 2.24) is 5.32 Å². The van der Waals surface area contributed by atoms with Crippen LogP contribution in [-0.2, 0) is 4.74 Å². The van der Waals surface area contributed by atoms with Crippen molar-refractivity contribution in [3.63, 3.8) is 0 Å². The molecule has 2 amide bonds. The van der Waals surface area contributed by atoms with Gasteiger partial charge < -0.3 is 26.8 Å². The van der Waals surface area contributed by atoms with Crippen LogP contribution in [-0.4, -0.2) is 31.2 Å². The maximum Gasteiger partial charge on any atom is 0.407 e. The molecule has 134 valence electrons. The van der Waals surface area contributed by atoms with Crippen molar-refractivity contribution >= 4 is 23.4 Å². The molecular weight excluding hydrogens is 308 g/mol.